The molecule has 1 amide bonds. The molecule has 1 aromatic heterocycles. The Bertz CT molecular complexity index is 363. The smallest absolute Gasteiger partial charge is 0.251 e. The maximum atomic E-state index is 11.6. The zero-order valence-corrected chi connectivity index (χ0v) is 10.1. The van der Waals surface area contributed by atoms with E-state index in [0.717, 1.165) is 9.21 Å². The van der Waals surface area contributed by atoms with Crippen molar-refractivity contribution in [3.05, 3.63) is 21.3 Å². The first-order valence-corrected chi connectivity index (χ1v) is 6.16. The Morgan fingerprint density at radius 2 is 2.44 bits per heavy atom. The van der Waals surface area contributed by atoms with E-state index in [1.807, 2.05) is 12.1 Å². The van der Waals surface area contributed by atoms with Gasteiger partial charge in [0, 0.05) is 4.88 Å². The molecular weight excluding hydrogens is 250 g/mol. The van der Waals surface area contributed by atoms with Crippen molar-refractivity contribution < 1.29 is 14.3 Å². The highest BCUT2D eigenvalue weighted by molar-refractivity contribution is 7.16. The van der Waals surface area contributed by atoms with Gasteiger partial charge in [-0.2, -0.15) is 0 Å². The van der Waals surface area contributed by atoms with Crippen LogP contribution in [0.2, 0.25) is 4.34 Å². The van der Waals surface area contributed by atoms with Gasteiger partial charge in [0.2, 0.25) is 0 Å². The van der Waals surface area contributed by atoms with Crippen molar-refractivity contribution in [1.82, 2.24) is 5.32 Å². The van der Waals surface area contributed by atoms with Crippen LogP contribution in [-0.4, -0.2) is 31.8 Å². The lowest BCUT2D eigenvalue weighted by atomic mass is 10.3. The number of thiophene rings is 1. The summed E-state index contributed by atoms with van der Waals surface area (Å²) in [5, 5.41) is 2.79. The zero-order chi connectivity index (χ0) is 11.4. The highest BCUT2D eigenvalue weighted by Gasteiger charge is 2.22. The Balaban J connectivity index is 1.78. The lowest BCUT2D eigenvalue weighted by molar-refractivity contribution is -0.147. The molecule has 0 aliphatic carbocycles. The van der Waals surface area contributed by atoms with E-state index < -0.39 is 6.10 Å². The van der Waals surface area contributed by atoms with E-state index in [-0.39, 0.29) is 5.91 Å². The van der Waals surface area contributed by atoms with Gasteiger partial charge < -0.3 is 14.8 Å². The molecule has 4 nitrogen and oxygen atoms in total. The van der Waals surface area contributed by atoms with Crippen molar-refractivity contribution in [3.63, 3.8) is 0 Å². The first-order valence-electron chi connectivity index (χ1n) is 4.97. The number of carbonyl (C=O) groups excluding carboxylic acids is 1. The molecule has 1 fully saturated rings. The Hall–Kier alpha value is -0.620. The number of carbonyl (C=O) groups is 1. The van der Waals surface area contributed by atoms with Gasteiger partial charge in [0.05, 0.1) is 30.7 Å². The molecule has 1 aliphatic rings. The number of hydrogen-bond donors (Lipinski definition) is 1. The molecule has 1 unspecified atom stereocenters. The number of halogens is 1. The number of amides is 1. The Labute approximate surface area is 102 Å². The second-order valence-electron chi connectivity index (χ2n) is 3.36. The lowest BCUT2D eigenvalue weighted by Gasteiger charge is -2.21. The Kier molecular flexibility index (Phi) is 4.17. The molecule has 1 aliphatic heterocycles. The number of rotatable bonds is 3. The summed E-state index contributed by atoms with van der Waals surface area (Å²) < 4.78 is 11.2. The minimum atomic E-state index is -0.482. The van der Waals surface area contributed by atoms with Crippen molar-refractivity contribution in [3.8, 4) is 0 Å². The van der Waals surface area contributed by atoms with E-state index >= 15 is 0 Å². The monoisotopic (exact) mass is 261 g/mol. The molecule has 16 heavy (non-hydrogen) atoms. The summed E-state index contributed by atoms with van der Waals surface area (Å²) in [6, 6.07) is 3.71. The fourth-order valence-electron chi connectivity index (χ4n) is 1.37. The lowest BCUT2D eigenvalue weighted by Crippen LogP contribution is -2.42. The van der Waals surface area contributed by atoms with E-state index in [0.29, 0.717) is 26.4 Å². The molecule has 6 heteroatoms. The van der Waals surface area contributed by atoms with Gasteiger partial charge in [0.25, 0.3) is 5.91 Å². The van der Waals surface area contributed by atoms with Gasteiger partial charge in [-0.15, -0.1) is 11.3 Å². The molecule has 1 saturated heterocycles. The molecule has 1 N–H and O–H groups in total. The molecule has 0 radical (unpaired) electrons. The van der Waals surface area contributed by atoms with Crippen molar-refractivity contribution >= 4 is 28.8 Å². The minimum absolute atomic E-state index is 0.135. The number of ether oxygens (including phenoxy) is 2. The summed E-state index contributed by atoms with van der Waals surface area (Å²) in [6.07, 6.45) is -0.482. The first-order chi connectivity index (χ1) is 7.75. The molecule has 2 rings (SSSR count). The maximum absolute atomic E-state index is 11.6. The summed E-state index contributed by atoms with van der Waals surface area (Å²) in [5.74, 6) is -0.135. The second kappa shape index (κ2) is 5.63. The molecule has 1 atom stereocenters. The van der Waals surface area contributed by atoms with Crippen LogP contribution in [0.1, 0.15) is 4.88 Å². The van der Waals surface area contributed by atoms with Gasteiger partial charge in [0.15, 0.2) is 6.10 Å². The molecule has 1 aromatic rings. The van der Waals surface area contributed by atoms with Crippen LogP contribution >= 0.6 is 22.9 Å². The van der Waals surface area contributed by atoms with E-state index in [4.69, 9.17) is 21.1 Å². The summed E-state index contributed by atoms with van der Waals surface area (Å²) in [5.41, 5.74) is 0. The molecule has 0 spiro atoms. The van der Waals surface area contributed by atoms with Crippen LogP contribution in [0, 0.1) is 0 Å². The highest BCUT2D eigenvalue weighted by Crippen LogP contribution is 2.21. The van der Waals surface area contributed by atoms with Gasteiger partial charge in [-0.05, 0) is 12.1 Å². The van der Waals surface area contributed by atoms with Gasteiger partial charge in [-0.25, -0.2) is 0 Å². The summed E-state index contributed by atoms with van der Waals surface area (Å²) >= 11 is 7.24. The second-order valence-corrected chi connectivity index (χ2v) is 5.16. The average Bonchev–Trinajstić information content (AvgIpc) is 2.73. The minimum Gasteiger partial charge on any atom is -0.376 e. The standard InChI is InChI=1S/C10H12ClNO3S/c11-9-2-1-7(16-9)5-12-10(13)8-6-14-3-4-15-8/h1-2,8H,3-6H2,(H,12,13). The van der Waals surface area contributed by atoms with Crippen molar-refractivity contribution in [1.29, 1.82) is 0 Å². The van der Waals surface area contributed by atoms with E-state index in [1.54, 1.807) is 0 Å². The Morgan fingerprint density at radius 1 is 1.56 bits per heavy atom. The summed E-state index contributed by atoms with van der Waals surface area (Å²) in [6.45, 7) is 1.85. The van der Waals surface area contributed by atoms with E-state index in [1.165, 1.54) is 11.3 Å². The predicted molar refractivity (Wildman–Crippen MR) is 61.7 cm³/mol. The largest absolute Gasteiger partial charge is 0.376 e. The molecular formula is C10H12ClNO3S. The average molecular weight is 262 g/mol. The van der Waals surface area contributed by atoms with Crippen molar-refractivity contribution in [2.75, 3.05) is 19.8 Å². The quantitative estimate of drug-likeness (QED) is 0.896. The van der Waals surface area contributed by atoms with Crippen LogP contribution in [0.3, 0.4) is 0 Å². The fourth-order valence-corrected chi connectivity index (χ4v) is 2.40. The third-order valence-corrected chi connectivity index (χ3v) is 3.41. The van der Waals surface area contributed by atoms with Gasteiger partial charge >= 0.3 is 0 Å². The van der Waals surface area contributed by atoms with Crippen LogP contribution in [0.15, 0.2) is 12.1 Å². The third-order valence-electron chi connectivity index (χ3n) is 2.17. The summed E-state index contributed by atoms with van der Waals surface area (Å²) in [4.78, 5) is 12.7. The molecule has 0 bridgehead atoms. The predicted octanol–water partition coefficient (Wildman–Crippen LogP) is 1.43. The SMILES string of the molecule is O=C(NCc1ccc(Cl)s1)C1COCCO1. The first kappa shape index (κ1) is 11.9. The normalized spacial score (nSPS) is 20.7. The van der Waals surface area contributed by atoms with Crippen molar-refractivity contribution in [2.24, 2.45) is 0 Å². The molecule has 0 aromatic carbocycles. The number of hydrogen-bond acceptors (Lipinski definition) is 4. The Morgan fingerprint density at radius 3 is 3.06 bits per heavy atom. The number of nitrogens with one attached hydrogen (secondary N) is 1. The molecule has 88 valence electrons. The van der Waals surface area contributed by atoms with Crippen LogP contribution in [0.25, 0.3) is 0 Å². The van der Waals surface area contributed by atoms with E-state index in [2.05, 4.69) is 5.32 Å². The molecule has 0 saturated carbocycles. The van der Waals surface area contributed by atoms with Gasteiger partial charge in [-0.1, -0.05) is 11.6 Å². The van der Waals surface area contributed by atoms with Crippen LogP contribution in [-0.2, 0) is 20.8 Å². The van der Waals surface area contributed by atoms with Crippen LogP contribution in [0.4, 0.5) is 0 Å². The third kappa shape index (κ3) is 3.18. The summed E-state index contributed by atoms with van der Waals surface area (Å²) in [7, 11) is 0. The topological polar surface area (TPSA) is 47.6 Å². The van der Waals surface area contributed by atoms with Crippen LogP contribution in [0.5, 0.6) is 0 Å². The van der Waals surface area contributed by atoms with Gasteiger partial charge in [-0.3, -0.25) is 4.79 Å². The van der Waals surface area contributed by atoms with Gasteiger partial charge in [0.1, 0.15) is 0 Å². The highest BCUT2D eigenvalue weighted by atomic mass is 35.5. The maximum Gasteiger partial charge on any atom is 0.251 e. The fraction of sp³-hybridized carbons (Fsp3) is 0.500. The van der Waals surface area contributed by atoms with Crippen LogP contribution < -0.4 is 5.32 Å². The van der Waals surface area contributed by atoms with E-state index in [9.17, 15) is 4.79 Å². The zero-order valence-electron chi connectivity index (χ0n) is 8.57. The molecule has 2 heterocycles. The van der Waals surface area contributed by atoms with Crippen molar-refractivity contribution in [2.45, 2.75) is 12.6 Å².